The molecule has 58 valence electrons. The molecule has 1 N–H and O–H groups in total. The first-order valence-electron chi connectivity index (χ1n) is 3.65. The number of ether oxygens (including phenoxy) is 1. The minimum Gasteiger partial charge on any atom is -0.365 e. The Morgan fingerprint density at radius 3 is 2.36 bits per heavy atom. The van der Waals surface area contributed by atoms with Gasteiger partial charge in [-0.25, -0.2) is 0 Å². The summed E-state index contributed by atoms with van der Waals surface area (Å²) < 4.78 is 5.05. The highest BCUT2D eigenvalue weighted by atomic mass is 16.7. The normalized spacial score (nSPS) is 35.3. The van der Waals surface area contributed by atoms with Gasteiger partial charge < -0.3 is 9.84 Å². The summed E-state index contributed by atoms with van der Waals surface area (Å²) in [6, 6.07) is 9.73. The summed E-state index contributed by atoms with van der Waals surface area (Å²) in [5.41, 5.74) is 0.592. The van der Waals surface area contributed by atoms with Gasteiger partial charge in [-0.3, -0.25) is 0 Å². The zero-order valence-electron chi connectivity index (χ0n) is 6.32. The summed E-state index contributed by atoms with van der Waals surface area (Å²) in [6.07, 6.45) is -0.620. The summed E-state index contributed by atoms with van der Waals surface area (Å²) in [7, 11) is 0. The molecular formula is C9H10O2. The molecule has 11 heavy (non-hydrogen) atoms. The molecule has 0 spiro atoms. The van der Waals surface area contributed by atoms with Gasteiger partial charge in [0.15, 0.2) is 6.29 Å². The van der Waals surface area contributed by atoms with Gasteiger partial charge in [-0.1, -0.05) is 30.3 Å². The van der Waals surface area contributed by atoms with E-state index in [9.17, 15) is 0 Å². The van der Waals surface area contributed by atoms with Crippen molar-refractivity contribution in [3.63, 3.8) is 0 Å². The molecule has 1 aromatic rings. The monoisotopic (exact) mass is 150 g/mol. The van der Waals surface area contributed by atoms with Gasteiger partial charge in [0.1, 0.15) is 5.60 Å². The topological polar surface area (TPSA) is 32.8 Å². The molecule has 1 aliphatic rings. The third-order valence-electron chi connectivity index (χ3n) is 2.12. The predicted octanol–water partition coefficient (Wildman–Crippen LogP) is 1.25. The van der Waals surface area contributed by atoms with Crippen molar-refractivity contribution in [1.29, 1.82) is 0 Å². The van der Waals surface area contributed by atoms with E-state index >= 15 is 0 Å². The van der Waals surface area contributed by atoms with Gasteiger partial charge in [0.05, 0.1) is 0 Å². The zero-order valence-corrected chi connectivity index (χ0v) is 6.32. The Hall–Kier alpha value is -0.860. The van der Waals surface area contributed by atoms with E-state index < -0.39 is 11.9 Å². The molecule has 2 unspecified atom stereocenters. The Labute approximate surface area is 65.4 Å². The van der Waals surface area contributed by atoms with Gasteiger partial charge in [-0.2, -0.15) is 0 Å². The lowest BCUT2D eigenvalue weighted by Crippen LogP contribution is -2.06. The number of benzene rings is 1. The van der Waals surface area contributed by atoms with Crippen LogP contribution in [0, 0.1) is 0 Å². The molecule has 0 bridgehead atoms. The molecule has 1 saturated heterocycles. The van der Waals surface area contributed by atoms with Gasteiger partial charge >= 0.3 is 0 Å². The Balaban J connectivity index is 2.32. The molecule has 0 amide bonds. The number of epoxide rings is 1. The molecule has 1 fully saturated rings. The summed E-state index contributed by atoms with van der Waals surface area (Å²) in [6.45, 7) is 1.88. The standard InChI is InChI=1S/C9H10O2/c1-9(8(10)11-9)7-5-3-2-4-6-7/h2-6,8,10H,1H3. The number of hydrogen-bond donors (Lipinski definition) is 1. The van der Waals surface area contributed by atoms with Crippen molar-refractivity contribution in [2.45, 2.75) is 18.8 Å². The van der Waals surface area contributed by atoms with Gasteiger partial charge in [-0.05, 0) is 12.5 Å². The van der Waals surface area contributed by atoms with Crippen LogP contribution in [-0.4, -0.2) is 11.4 Å². The molecule has 1 heterocycles. The molecule has 1 aliphatic heterocycles. The maximum absolute atomic E-state index is 9.12. The molecule has 2 rings (SSSR count). The molecule has 2 heteroatoms. The lowest BCUT2D eigenvalue weighted by Gasteiger charge is -2.02. The molecule has 0 aromatic heterocycles. The second-order valence-corrected chi connectivity index (χ2v) is 2.94. The highest BCUT2D eigenvalue weighted by Gasteiger charge is 2.52. The fraction of sp³-hybridized carbons (Fsp3) is 0.333. The molecule has 2 nitrogen and oxygen atoms in total. The summed E-state index contributed by atoms with van der Waals surface area (Å²) in [5.74, 6) is 0. The smallest absolute Gasteiger partial charge is 0.189 e. The number of rotatable bonds is 1. The summed E-state index contributed by atoms with van der Waals surface area (Å²) in [5, 5.41) is 9.12. The highest BCUT2D eigenvalue weighted by molar-refractivity contribution is 5.26. The van der Waals surface area contributed by atoms with Crippen molar-refractivity contribution in [1.82, 2.24) is 0 Å². The molecular weight excluding hydrogens is 140 g/mol. The van der Waals surface area contributed by atoms with Crippen molar-refractivity contribution < 1.29 is 9.84 Å². The van der Waals surface area contributed by atoms with Crippen molar-refractivity contribution in [2.24, 2.45) is 0 Å². The van der Waals surface area contributed by atoms with E-state index in [2.05, 4.69) is 0 Å². The Kier molecular flexibility index (Phi) is 1.28. The van der Waals surface area contributed by atoms with Crippen LogP contribution in [0.2, 0.25) is 0 Å². The molecule has 1 aromatic carbocycles. The molecule has 0 radical (unpaired) electrons. The van der Waals surface area contributed by atoms with E-state index in [-0.39, 0.29) is 0 Å². The maximum Gasteiger partial charge on any atom is 0.189 e. The van der Waals surface area contributed by atoms with Crippen LogP contribution < -0.4 is 0 Å². The van der Waals surface area contributed by atoms with E-state index in [1.54, 1.807) is 0 Å². The van der Waals surface area contributed by atoms with Gasteiger partial charge in [-0.15, -0.1) is 0 Å². The first kappa shape index (κ1) is 6.83. The Morgan fingerprint density at radius 2 is 1.91 bits per heavy atom. The molecule has 0 aliphatic carbocycles. The van der Waals surface area contributed by atoms with Crippen molar-refractivity contribution in [2.75, 3.05) is 0 Å². The fourth-order valence-electron chi connectivity index (χ4n) is 1.18. The second-order valence-electron chi connectivity index (χ2n) is 2.94. The van der Waals surface area contributed by atoms with Gasteiger partial charge in [0.2, 0.25) is 0 Å². The van der Waals surface area contributed by atoms with Crippen molar-refractivity contribution >= 4 is 0 Å². The van der Waals surface area contributed by atoms with Crippen LogP contribution in [0.15, 0.2) is 30.3 Å². The quantitative estimate of drug-likeness (QED) is 0.611. The average Bonchev–Trinajstić information content (AvgIpc) is 2.64. The minimum atomic E-state index is -0.620. The van der Waals surface area contributed by atoms with Crippen LogP contribution in [0.5, 0.6) is 0 Å². The number of aliphatic hydroxyl groups is 1. The van der Waals surface area contributed by atoms with Gasteiger partial charge in [0, 0.05) is 0 Å². The SMILES string of the molecule is CC1(c2ccccc2)OC1O. The maximum atomic E-state index is 9.12. The zero-order chi connectivity index (χ0) is 7.90. The van der Waals surface area contributed by atoms with Gasteiger partial charge in [0.25, 0.3) is 0 Å². The largest absolute Gasteiger partial charge is 0.365 e. The molecule has 0 saturated carbocycles. The average molecular weight is 150 g/mol. The Morgan fingerprint density at radius 1 is 1.36 bits per heavy atom. The van der Waals surface area contributed by atoms with Crippen LogP contribution in [0.25, 0.3) is 0 Å². The lowest BCUT2D eigenvalue weighted by molar-refractivity contribution is 0.155. The fourth-order valence-corrected chi connectivity index (χ4v) is 1.18. The number of hydrogen-bond acceptors (Lipinski definition) is 2. The first-order chi connectivity index (χ1) is 5.23. The summed E-state index contributed by atoms with van der Waals surface area (Å²) >= 11 is 0. The Bertz CT molecular complexity index is 258. The van der Waals surface area contributed by atoms with E-state index in [1.807, 2.05) is 37.3 Å². The van der Waals surface area contributed by atoms with E-state index in [0.717, 1.165) is 5.56 Å². The third-order valence-corrected chi connectivity index (χ3v) is 2.12. The van der Waals surface area contributed by atoms with Crippen LogP contribution in [0.1, 0.15) is 12.5 Å². The third kappa shape index (κ3) is 0.951. The van der Waals surface area contributed by atoms with Crippen LogP contribution in [0.3, 0.4) is 0 Å². The van der Waals surface area contributed by atoms with Crippen LogP contribution >= 0.6 is 0 Å². The molecule has 2 atom stereocenters. The first-order valence-corrected chi connectivity index (χ1v) is 3.65. The van der Waals surface area contributed by atoms with E-state index in [1.165, 1.54) is 0 Å². The predicted molar refractivity (Wildman–Crippen MR) is 40.9 cm³/mol. The van der Waals surface area contributed by atoms with Crippen LogP contribution in [-0.2, 0) is 10.3 Å². The van der Waals surface area contributed by atoms with Crippen molar-refractivity contribution in [3.8, 4) is 0 Å². The number of aliphatic hydroxyl groups excluding tert-OH is 1. The minimum absolute atomic E-state index is 0.443. The van der Waals surface area contributed by atoms with E-state index in [0.29, 0.717) is 0 Å². The lowest BCUT2D eigenvalue weighted by atomic mass is 10.0. The second kappa shape index (κ2) is 2.06. The highest BCUT2D eigenvalue weighted by Crippen LogP contribution is 2.43. The van der Waals surface area contributed by atoms with Crippen molar-refractivity contribution in [3.05, 3.63) is 35.9 Å². The summed E-state index contributed by atoms with van der Waals surface area (Å²) in [4.78, 5) is 0. The van der Waals surface area contributed by atoms with E-state index in [4.69, 9.17) is 9.84 Å². The van der Waals surface area contributed by atoms with Crippen LogP contribution in [0.4, 0.5) is 0 Å².